The minimum atomic E-state index is -0.482. The van der Waals surface area contributed by atoms with Gasteiger partial charge >= 0.3 is 6.03 Å². The van der Waals surface area contributed by atoms with E-state index in [9.17, 15) is 9.18 Å². The van der Waals surface area contributed by atoms with Crippen LogP contribution in [0.5, 0.6) is 11.6 Å². The van der Waals surface area contributed by atoms with Crippen LogP contribution in [0.4, 0.5) is 20.6 Å². The third-order valence-electron chi connectivity index (χ3n) is 3.78. The Bertz CT molecular complexity index is 1120. The molecule has 8 nitrogen and oxygen atoms in total. The molecule has 4 aromatic rings. The van der Waals surface area contributed by atoms with Gasteiger partial charge in [0.05, 0.1) is 0 Å². The molecule has 0 saturated carbocycles. The van der Waals surface area contributed by atoms with E-state index in [-0.39, 0.29) is 0 Å². The van der Waals surface area contributed by atoms with Crippen molar-refractivity contribution in [3.05, 3.63) is 85.2 Å². The Balaban J connectivity index is 1.38. The minimum absolute atomic E-state index is 0.357. The number of hydrogen-bond donors (Lipinski definition) is 2. The second kappa shape index (κ2) is 8.17. The smallest absolute Gasteiger partial charge is 0.323 e. The number of benzene rings is 2. The summed E-state index contributed by atoms with van der Waals surface area (Å²) in [6.45, 7) is 0. The maximum absolute atomic E-state index is 13.2. The van der Waals surface area contributed by atoms with Crippen LogP contribution in [0.3, 0.4) is 0 Å². The van der Waals surface area contributed by atoms with Crippen molar-refractivity contribution in [1.29, 1.82) is 0 Å². The van der Waals surface area contributed by atoms with Crippen LogP contribution in [0, 0.1) is 5.82 Å². The Morgan fingerprint density at radius 1 is 0.966 bits per heavy atom. The van der Waals surface area contributed by atoms with Crippen LogP contribution in [0.1, 0.15) is 0 Å². The molecule has 2 aromatic carbocycles. The highest BCUT2D eigenvalue weighted by Gasteiger charge is 2.06. The summed E-state index contributed by atoms with van der Waals surface area (Å²) in [6, 6.07) is 15.3. The first kappa shape index (κ1) is 18.1. The van der Waals surface area contributed by atoms with Gasteiger partial charge in [0.15, 0.2) is 5.82 Å². The van der Waals surface area contributed by atoms with Gasteiger partial charge in [-0.2, -0.15) is 5.10 Å². The number of carbonyl (C=O) groups is 1. The van der Waals surface area contributed by atoms with Crippen molar-refractivity contribution in [3.8, 4) is 17.4 Å². The largest absolute Gasteiger partial charge is 0.439 e. The van der Waals surface area contributed by atoms with Crippen molar-refractivity contribution in [2.45, 2.75) is 0 Å². The molecule has 0 radical (unpaired) electrons. The Labute approximate surface area is 165 Å². The fourth-order valence-electron chi connectivity index (χ4n) is 2.50. The number of ether oxygens (including phenoxy) is 1. The van der Waals surface area contributed by atoms with E-state index >= 15 is 0 Å². The molecule has 0 spiro atoms. The summed E-state index contributed by atoms with van der Waals surface area (Å²) in [5, 5.41) is 9.33. The number of anilines is 2. The number of nitrogens with zero attached hydrogens (tertiary/aromatic N) is 4. The molecule has 2 amide bonds. The quantitative estimate of drug-likeness (QED) is 0.532. The van der Waals surface area contributed by atoms with Crippen LogP contribution in [-0.4, -0.2) is 25.8 Å². The molecule has 0 unspecified atom stereocenters. The molecule has 0 fully saturated rings. The lowest BCUT2D eigenvalue weighted by Crippen LogP contribution is -2.19. The third-order valence-corrected chi connectivity index (χ3v) is 3.78. The third kappa shape index (κ3) is 4.72. The van der Waals surface area contributed by atoms with Crippen LogP contribution < -0.4 is 15.4 Å². The normalized spacial score (nSPS) is 10.4. The average molecular weight is 390 g/mol. The van der Waals surface area contributed by atoms with Gasteiger partial charge in [-0.1, -0.05) is 6.07 Å². The zero-order chi connectivity index (χ0) is 20.1. The van der Waals surface area contributed by atoms with Gasteiger partial charge < -0.3 is 15.4 Å². The number of amides is 2. The first-order valence-corrected chi connectivity index (χ1v) is 8.59. The Hall–Kier alpha value is -4.27. The van der Waals surface area contributed by atoms with E-state index < -0.39 is 11.8 Å². The van der Waals surface area contributed by atoms with Gasteiger partial charge in [-0.3, -0.25) is 0 Å². The van der Waals surface area contributed by atoms with Gasteiger partial charge in [-0.05, 0) is 48.5 Å². The number of aromatic nitrogens is 4. The summed E-state index contributed by atoms with van der Waals surface area (Å²) in [5.74, 6) is 1.04. The van der Waals surface area contributed by atoms with Gasteiger partial charge in [0.25, 0.3) is 0 Å². The number of nitrogens with one attached hydrogen (secondary N) is 2. The number of halogens is 1. The summed E-state index contributed by atoms with van der Waals surface area (Å²) in [6.07, 6.45) is 4.80. The van der Waals surface area contributed by atoms with E-state index in [0.717, 1.165) is 0 Å². The first-order valence-electron chi connectivity index (χ1n) is 8.59. The molecule has 2 N–H and O–H groups in total. The van der Waals surface area contributed by atoms with Crippen LogP contribution in [0.25, 0.3) is 5.82 Å². The number of rotatable bonds is 5. The van der Waals surface area contributed by atoms with Gasteiger partial charge in [0.2, 0.25) is 5.88 Å². The van der Waals surface area contributed by atoms with Crippen molar-refractivity contribution >= 4 is 17.4 Å². The monoisotopic (exact) mass is 390 g/mol. The van der Waals surface area contributed by atoms with Crippen LogP contribution >= 0.6 is 0 Å². The van der Waals surface area contributed by atoms with Gasteiger partial charge in [0.1, 0.15) is 17.9 Å². The molecule has 0 bridgehead atoms. The molecule has 29 heavy (non-hydrogen) atoms. The molecule has 0 aliphatic rings. The van der Waals surface area contributed by atoms with Crippen molar-refractivity contribution in [3.63, 3.8) is 0 Å². The standard InChI is InChI=1S/C20H15FN6O2/c21-14-3-1-4-16(11-14)26-20(28)25-15-5-7-17(8-6-15)29-19-12-18(22-13-23-19)27-10-2-9-24-27/h1-13H,(H2,25,26,28). The highest BCUT2D eigenvalue weighted by molar-refractivity contribution is 5.99. The Morgan fingerprint density at radius 2 is 1.79 bits per heavy atom. The molecule has 0 saturated heterocycles. The fourth-order valence-corrected chi connectivity index (χ4v) is 2.50. The van der Waals surface area contributed by atoms with Crippen LogP contribution in [0.15, 0.2) is 79.4 Å². The summed E-state index contributed by atoms with van der Waals surface area (Å²) >= 11 is 0. The average Bonchev–Trinajstić information content (AvgIpc) is 3.25. The number of hydrogen-bond acceptors (Lipinski definition) is 5. The van der Waals surface area contributed by atoms with Gasteiger partial charge in [-0.25, -0.2) is 23.8 Å². The molecule has 4 rings (SSSR count). The topological polar surface area (TPSA) is 94.0 Å². The lowest BCUT2D eigenvalue weighted by molar-refractivity contribution is 0.262. The Morgan fingerprint density at radius 3 is 2.55 bits per heavy atom. The lowest BCUT2D eigenvalue weighted by Gasteiger charge is -2.09. The SMILES string of the molecule is O=C(Nc1ccc(Oc2cc(-n3cccn3)ncn2)cc1)Nc1cccc(F)c1. The van der Waals surface area contributed by atoms with E-state index in [1.54, 1.807) is 59.5 Å². The minimum Gasteiger partial charge on any atom is -0.439 e. The second-order valence-electron chi connectivity index (χ2n) is 5.88. The first-order chi connectivity index (χ1) is 14.2. The molecule has 2 aromatic heterocycles. The summed E-state index contributed by atoms with van der Waals surface area (Å²) in [5.41, 5.74) is 0.908. The molecule has 0 aliphatic heterocycles. The van der Waals surface area contributed by atoms with Crippen molar-refractivity contribution in [1.82, 2.24) is 19.7 Å². The van der Waals surface area contributed by atoms with E-state index in [0.29, 0.717) is 28.8 Å². The van der Waals surface area contributed by atoms with Gasteiger partial charge in [-0.15, -0.1) is 0 Å². The van der Waals surface area contributed by atoms with Crippen LogP contribution in [-0.2, 0) is 0 Å². The van der Waals surface area contributed by atoms with Crippen LogP contribution in [0.2, 0.25) is 0 Å². The van der Waals surface area contributed by atoms with Gasteiger partial charge in [0, 0.05) is 29.8 Å². The highest BCUT2D eigenvalue weighted by Crippen LogP contribution is 2.22. The molecule has 144 valence electrons. The van der Waals surface area contributed by atoms with E-state index in [1.807, 2.05) is 0 Å². The number of urea groups is 1. The lowest BCUT2D eigenvalue weighted by atomic mass is 10.3. The number of carbonyl (C=O) groups excluding carboxylic acids is 1. The predicted octanol–water partition coefficient (Wildman–Crippen LogP) is 4.24. The van der Waals surface area contributed by atoms with Crippen molar-refractivity contribution in [2.75, 3.05) is 10.6 Å². The summed E-state index contributed by atoms with van der Waals surface area (Å²) < 4.78 is 20.5. The molecule has 0 aliphatic carbocycles. The van der Waals surface area contributed by atoms with Crippen molar-refractivity contribution in [2.24, 2.45) is 0 Å². The predicted molar refractivity (Wildman–Crippen MR) is 105 cm³/mol. The van der Waals surface area contributed by atoms with Crippen molar-refractivity contribution < 1.29 is 13.9 Å². The molecule has 0 atom stereocenters. The van der Waals surface area contributed by atoms with E-state index in [1.165, 1.54) is 24.5 Å². The fraction of sp³-hybridized carbons (Fsp3) is 0. The second-order valence-corrected chi connectivity index (χ2v) is 5.88. The summed E-state index contributed by atoms with van der Waals surface area (Å²) in [7, 11) is 0. The van der Waals surface area contributed by atoms with E-state index in [2.05, 4.69) is 25.7 Å². The molecular formula is C20H15FN6O2. The molecule has 9 heteroatoms. The maximum Gasteiger partial charge on any atom is 0.323 e. The maximum atomic E-state index is 13.2. The molecule has 2 heterocycles. The molecular weight excluding hydrogens is 375 g/mol. The highest BCUT2D eigenvalue weighted by atomic mass is 19.1. The zero-order valence-corrected chi connectivity index (χ0v) is 15.0. The summed E-state index contributed by atoms with van der Waals surface area (Å²) in [4.78, 5) is 20.2. The van der Waals surface area contributed by atoms with E-state index in [4.69, 9.17) is 4.74 Å². The zero-order valence-electron chi connectivity index (χ0n) is 15.0. The Kier molecular flexibility index (Phi) is 5.10.